The molecule has 1 N–H and O–H groups in total. The Morgan fingerprint density at radius 2 is 2.12 bits per heavy atom. The van der Waals surface area contributed by atoms with Gasteiger partial charge in [-0.25, -0.2) is 0 Å². The van der Waals surface area contributed by atoms with Crippen LogP contribution in [0.15, 0.2) is 0 Å². The third kappa shape index (κ3) is 2.34. The van der Waals surface area contributed by atoms with Crippen LogP contribution in [0, 0.1) is 16.7 Å². The third-order valence-corrected chi connectivity index (χ3v) is 5.01. The molecule has 2 aliphatic heterocycles. The fraction of sp³-hybridized carbons (Fsp3) is 0.929. The van der Waals surface area contributed by atoms with Gasteiger partial charge in [0.1, 0.15) is 0 Å². The summed E-state index contributed by atoms with van der Waals surface area (Å²) in [6, 6.07) is 3.85. The Hall–Kier alpha value is -0.590. The highest BCUT2D eigenvalue weighted by atomic mass is 15.2. The van der Waals surface area contributed by atoms with Crippen molar-refractivity contribution in [3.63, 3.8) is 0 Å². The molecule has 0 radical (unpaired) electrons. The quantitative estimate of drug-likeness (QED) is 0.806. The second kappa shape index (κ2) is 4.59. The molecule has 2 unspecified atom stereocenters. The monoisotopic (exact) mass is 233 g/mol. The molecule has 17 heavy (non-hydrogen) atoms. The molecule has 3 nitrogen and oxygen atoms in total. The number of fused-ring (bicyclic) bond motifs is 1. The van der Waals surface area contributed by atoms with Crippen LogP contribution in [0.4, 0.5) is 0 Å². The van der Waals surface area contributed by atoms with Gasteiger partial charge in [0.15, 0.2) is 0 Å². The van der Waals surface area contributed by atoms with E-state index in [1.807, 2.05) is 0 Å². The second-order valence-electron chi connectivity index (χ2n) is 6.21. The maximum atomic E-state index is 8.84. The summed E-state index contributed by atoms with van der Waals surface area (Å²) in [5.41, 5.74) is 0.358. The van der Waals surface area contributed by atoms with Crippen LogP contribution in [0.2, 0.25) is 0 Å². The fourth-order valence-electron chi connectivity index (χ4n) is 3.59. The van der Waals surface area contributed by atoms with Crippen LogP contribution in [0.3, 0.4) is 0 Å². The molecule has 0 amide bonds. The molecule has 2 heterocycles. The lowest BCUT2D eigenvalue weighted by Crippen LogP contribution is -2.46. The Bertz CT molecular complexity index is 316. The zero-order valence-electron chi connectivity index (χ0n) is 10.6. The highest BCUT2D eigenvalue weighted by molar-refractivity contribution is 5.03. The van der Waals surface area contributed by atoms with Gasteiger partial charge in [0, 0.05) is 31.6 Å². The molecule has 0 bridgehead atoms. The Labute approximate surface area is 104 Å². The largest absolute Gasteiger partial charge is 0.312 e. The zero-order valence-corrected chi connectivity index (χ0v) is 10.6. The number of piperidine rings is 1. The molecule has 3 heteroatoms. The van der Waals surface area contributed by atoms with Crippen molar-refractivity contribution < 1.29 is 0 Å². The van der Waals surface area contributed by atoms with Gasteiger partial charge in [0.2, 0.25) is 0 Å². The molecule has 3 fully saturated rings. The number of hydrogen-bond acceptors (Lipinski definition) is 3. The van der Waals surface area contributed by atoms with Crippen molar-refractivity contribution in [2.24, 2.45) is 5.41 Å². The molecule has 1 saturated carbocycles. The summed E-state index contributed by atoms with van der Waals surface area (Å²) < 4.78 is 0. The van der Waals surface area contributed by atoms with Gasteiger partial charge in [-0.3, -0.25) is 4.90 Å². The summed E-state index contributed by atoms with van der Waals surface area (Å²) in [5, 5.41) is 12.6. The molecule has 3 aliphatic rings. The minimum absolute atomic E-state index is 0.358. The van der Waals surface area contributed by atoms with E-state index in [1.165, 1.54) is 51.6 Å². The summed E-state index contributed by atoms with van der Waals surface area (Å²) >= 11 is 0. The van der Waals surface area contributed by atoms with Gasteiger partial charge in [-0.05, 0) is 44.1 Å². The van der Waals surface area contributed by atoms with Gasteiger partial charge in [-0.15, -0.1) is 0 Å². The van der Waals surface area contributed by atoms with Gasteiger partial charge in [-0.2, -0.15) is 5.26 Å². The lowest BCUT2D eigenvalue weighted by atomic mass is 9.97. The fourth-order valence-corrected chi connectivity index (χ4v) is 3.59. The van der Waals surface area contributed by atoms with Crippen LogP contribution >= 0.6 is 0 Å². The molecule has 2 saturated heterocycles. The SMILES string of the molecule is N#CCC1(CNC2CCN3CCCCC23)CC1. The second-order valence-corrected chi connectivity index (χ2v) is 6.21. The molecule has 2 atom stereocenters. The highest BCUT2D eigenvalue weighted by Crippen LogP contribution is 2.48. The van der Waals surface area contributed by atoms with E-state index in [4.69, 9.17) is 5.26 Å². The Morgan fingerprint density at radius 1 is 1.24 bits per heavy atom. The van der Waals surface area contributed by atoms with Crippen molar-refractivity contribution in [3.05, 3.63) is 0 Å². The van der Waals surface area contributed by atoms with E-state index in [0.29, 0.717) is 11.5 Å². The van der Waals surface area contributed by atoms with Crippen LogP contribution in [0.5, 0.6) is 0 Å². The van der Waals surface area contributed by atoms with Gasteiger partial charge in [-0.1, -0.05) is 6.42 Å². The predicted molar refractivity (Wildman–Crippen MR) is 67.5 cm³/mol. The number of nitriles is 1. The van der Waals surface area contributed by atoms with Crippen molar-refractivity contribution >= 4 is 0 Å². The Balaban J connectivity index is 1.51. The van der Waals surface area contributed by atoms with E-state index in [2.05, 4.69) is 16.3 Å². The Morgan fingerprint density at radius 3 is 2.88 bits per heavy atom. The van der Waals surface area contributed by atoms with Gasteiger partial charge in [0.05, 0.1) is 6.07 Å². The van der Waals surface area contributed by atoms with E-state index < -0.39 is 0 Å². The number of hydrogen-bond donors (Lipinski definition) is 1. The summed E-state index contributed by atoms with van der Waals surface area (Å²) in [4.78, 5) is 2.67. The van der Waals surface area contributed by atoms with Gasteiger partial charge < -0.3 is 5.32 Å². The molecule has 1 aliphatic carbocycles. The topological polar surface area (TPSA) is 39.1 Å². The highest BCUT2D eigenvalue weighted by Gasteiger charge is 2.44. The predicted octanol–water partition coefficient (Wildman–Crippen LogP) is 1.90. The molecule has 3 rings (SSSR count). The van der Waals surface area contributed by atoms with Crippen LogP contribution < -0.4 is 5.32 Å². The minimum atomic E-state index is 0.358. The average Bonchev–Trinajstić information content (AvgIpc) is 3.00. The van der Waals surface area contributed by atoms with E-state index in [9.17, 15) is 0 Å². The van der Waals surface area contributed by atoms with Crippen molar-refractivity contribution in [1.29, 1.82) is 5.26 Å². The average molecular weight is 233 g/mol. The van der Waals surface area contributed by atoms with E-state index in [-0.39, 0.29) is 0 Å². The minimum Gasteiger partial charge on any atom is -0.312 e. The van der Waals surface area contributed by atoms with Crippen molar-refractivity contribution in [3.8, 4) is 6.07 Å². The lowest BCUT2D eigenvalue weighted by Gasteiger charge is -2.33. The van der Waals surface area contributed by atoms with Crippen LogP contribution in [0.1, 0.15) is 44.9 Å². The van der Waals surface area contributed by atoms with Crippen molar-refractivity contribution in [2.75, 3.05) is 19.6 Å². The lowest BCUT2D eigenvalue weighted by molar-refractivity contribution is 0.178. The maximum Gasteiger partial charge on any atom is 0.0628 e. The van der Waals surface area contributed by atoms with Gasteiger partial charge >= 0.3 is 0 Å². The first-order valence-electron chi connectivity index (χ1n) is 7.17. The standard InChI is InChI=1S/C14H23N3/c15-8-7-14(5-6-14)11-16-12-4-10-17-9-2-1-3-13(12)17/h12-13,16H,1-7,9-11H2. The van der Waals surface area contributed by atoms with Crippen LogP contribution in [0.25, 0.3) is 0 Å². The van der Waals surface area contributed by atoms with E-state index in [0.717, 1.165) is 19.0 Å². The molecule has 0 aromatic rings. The molecular formula is C14H23N3. The molecule has 0 aromatic heterocycles. The summed E-state index contributed by atoms with van der Waals surface area (Å²) in [5.74, 6) is 0. The number of nitrogens with zero attached hydrogens (tertiary/aromatic N) is 2. The summed E-state index contributed by atoms with van der Waals surface area (Å²) in [7, 11) is 0. The van der Waals surface area contributed by atoms with Crippen LogP contribution in [-0.2, 0) is 0 Å². The number of rotatable bonds is 4. The first kappa shape index (κ1) is 11.5. The first-order chi connectivity index (χ1) is 8.33. The normalized spacial score (nSPS) is 35.2. The van der Waals surface area contributed by atoms with Gasteiger partial charge in [0.25, 0.3) is 0 Å². The van der Waals surface area contributed by atoms with Crippen molar-refractivity contribution in [2.45, 2.75) is 57.0 Å². The van der Waals surface area contributed by atoms with E-state index >= 15 is 0 Å². The van der Waals surface area contributed by atoms with E-state index in [1.54, 1.807) is 0 Å². The van der Waals surface area contributed by atoms with Crippen molar-refractivity contribution in [1.82, 2.24) is 10.2 Å². The Kier molecular flexibility index (Phi) is 3.10. The van der Waals surface area contributed by atoms with Crippen LogP contribution in [-0.4, -0.2) is 36.6 Å². The smallest absolute Gasteiger partial charge is 0.0628 e. The molecule has 0 spiro atoms. The maximum absolute atomic E-state index is 8.84. The molecule has 94 valence electrons. The first-order valence-corrected chi connectivity index (χ1v) is 7.17. The summed E-state index contributed by atoms with van der Waals surface area (Å²) in [6.45, 7) is 3.68. The molecular weight excluding hydrogens is 210 g/mol. The zero-order chi connectivity index (χ0) is 11.7. The summed E-state index contributed by atoms with van der Waals surface area (Å²) in [6.07, 6.45) is 8.75. The number of nitrogens with one attached hydrogen (secondary N) is 1. The molecule has 0 aromatic carbocycles. The third-order valence-electron chi connectivity index (χ3n) is 5.01.